The van der Waals surface area contributed by atoms with E-state index in [9.17, 15) is 0 Å². The van der Waals surface area contributed by atoms with Gasteiger partial charge in [-0.2, -0.15) is 0 Å². The van der Waals surface area contributed by atoms with Gasteiger partial charge in [-0.1, -0.05) is 190 Å². The fourth-order valence-electron chi connectivity index (χ4n) is 9.60. The molecule has 0 bridgehead atoms. The Labute approximate surface area is 421 Å². The normalized spacial score (nSPS) is 15.3. The summed E-state index contributed by atoms with van der Waals surface area (Å²) in [5, 5.41) is 2.08. The Morgan fingerprint density at radius 3 is 1.00 bits per heavy atom. The molecule has 1 aliphatic rings. The first-order valence-electron chi connectivity index (χ1n) is 25.5. The topological polar surface area (TPSA) is 63.2 Å². The fraction of sp³-hybridized carbons (Fsp3) is 0.607. The van der Waals surface area contributed by atoms with Gasteiger partial charge in [0.25, 0.3) is 0 Å². The summed E-state index contributed by atoms with van der Waals surface area (Å²) in [4.78, 5) is 0. The maximum Gasteiger partial charge on any atom is 0.453 e. The second kappa shape index (κ2) is 18.3. The van der Waals surface area contributed by atoms with Gasteiger partial charge in [0.1, 0.15) is 22.7 Å². The van der Waals surface area contributed by atoms with E-state index in [1.54, 1.807) is 0 Å². The van der Waals surface area contributed by atoms with E-state index in [-0.39, 0.29) is 43.3 Å². The van der Waals surface area contributed by atoms with Crippen molar-refractivity contribution in [2.24, 2.45) is 0 Å². The first-order valence-corrected chi connectivity index (χ1v) is 27.6. The molecule has 0 unspecified atom stereocenters. The van der Waals surface area contributed by atoms with Crippen molar-refractivity contribution in [3.05, 3.63) is 92.0 Å². The lowest BCUT2D eigenvalue weighted by molar-refractivity contribution is 0.147. The molecule has 6 rings (SSSR count). The highest BCUT2D eigenvalue weighted by molar-refractivity contribution is 7.42. The van der Waals surface area contributed by atoms with Crippen LogP contribution in [-0.4, -0.2) is 13.2 Å². The van der Waals surface area contributed by atoms with Gasteiger partial charge in [0, 0.05) is 44.2 Å². The molecule has 0 N–H and O–H groups in total. The predicted octanol–water partition coefficient (Wildman–Crippen LogP) is 19.8. The van der Waals surface area contributed by atoms with Crippen LogP contribution < -0.4 is 9.05 Å². The van der Waals surface area contributed by atoms with Gasteiger partial charge < -0.3 is 26.5 Å². The summed E-state index contributed by atoms with van der Waals surface area (Å²) in [7, 11) is -3.82. The van der Waals surface area contributed by atoms with Crippen LogP contribution in [0.5, 0.6) is 11.5 Å². The monoisotopic (exact) mass is 981 g/mol. The molecule has 1 aromatic heterocycles. The van der Waals surface area contributed by atoms with E-state index < -0.39 is 16.8 Å². The molecule has 0 amide bonds. The SMILES string of the molecule is Cc1c(C(C)(C)C)cc(C(C)(C)C)c(OP2OCCCO2)c1-c1c(C)c(C(C)(C)C)cc(C(C)(C)C)c1Op1oc2c(C(C)(C)C)cc(C(C)(C)C)cc2c2cc(C(C)(C)C)cc(C(C)(C)C)c2o1. The number of hydrogen-bond donors (Lipinski definition) is 0. The van der Waals surface area contributed by atoms with E-state index in [2.05, 4.69) is 216 Å². The molecular weight excluding hydrogens is 891 g/mol. The molecule has 69 heavy (non-hydrogen) atoms. The molecule has 0 atom stereocenters. The van der Waals surface area contributed by atoms with Gasteiger partial charge in [-0.05, 0) is 109 Å². The van der Waals surface area contributed by atoms with Gasteiger partial charge in [-0.3, -0.25) is 0 Å². The lowest BCUT2D eigenvalue weighted by atomic mass is 9.72. The van der Waals surface area contributed by atoms with Crippen LogP contribution in [0.4, 0.5) is 0 Å². The minimum absolute atomic E-state index is 0.124. The van der Waals surface area contributed by atoms with Gasteiger partial charge in [0.15, 0.2) is 0 Å². The number of benzene rings is 4. The average Bonchev–Trinajstić information content (AvgIpc) is 3.31. The lowest BCUT2D eigenvalue weighted by Crippen LogP contribution is -2.22. The van der Waals surface area contributed by atoms with Crippen LogP contribution >= 0.6 is 16.8 Å². The van der Waals surface area contributed by atoms with E-state index in [0.717, 1.165) is 84.4 Å². The molecular formula is C61H90O6P2. The Morgan fingerprint density at radius 2 is 0.696 bits per heavy atom. The first kappa shape index (κ1) is 55.1. The van der Waals surface area contributed by atoms with Crippen LogP contribution in [0, 0.1) is 13.8 Å². The van der Waals surface area contributed by atoms with Crippen molar-refractivity contribution in [2.75, 3.05) is 13.2 Å². The molecule has 5 aromatic rings. The second-order valence-corrected chi connectivity index (χ2v) is 30.4. The average molecular weight is 981 g/mol. The molecule has 6 nitrogen and oxygen atoms in total. The van der Waals surface area contributed by atoms with Gasteiger partial charge in [0.05, 0.1) is 13.2 Å². The summed E-state index contributed by atoms with van der Waals surface area (Å²) < 4.78 is 42.7. The maximum atomic E-state index is 7.83. The molecule has 0 radical (unpaired) electrons. The second-order valence-electron chi connectivity index (χ2n) is 28.2. The third kappa shape index (κ3) is 11.5. The summed E-state index contributed by atoms with van der Waals surface area (Å²) in [5.41, 5.74) is 13.4. The van der Waals surface area contributed by atoms with Crippen LogP contribution in [0.15, 0.2) is 44.8 Å². The van der Waals surface area contributed by atoms with Crippen LogP contribution in [0.1, 0.15) is 228 Å². The standard InChI is InChI=1S/C61H90O6P2/c1-36-42(56(9,10)11)34-46(60(21,22)23)52(66-68-62-28-27-29-63-68)48(36)49-37(2)43(57(12,13)14)35-47(61(24,25)26)53(49)67-69-64-50-40(30-38(54(3,4)5)32-44(50)58(15,16)17)41-31-39(55(6,7)8)33-45(51(41)65-69)59(18,19)20/h30-35H,27-29H2,1-26H3. The van der Waals surface area contributed by atoms with Crippen LogP contribution in [0.2, 0.25) is 0 Å². The quantitative estimate of drug-likeness (QED) is 0.164. The molecule has 4 aromatic carbocycles. The molecule has 8 heteroatoms. The zero-order valence-electron chi connectivity index (χ0n) is 47.9. The van der Waals surface area contributed by atoms with Crippen LogP contribution in [0.25, 0.3) is 33.1 Å². The van der Waals surface area contributed by atoms with Crippen molar-refractivity contribution in [3.8, 4) is 22.6 Å². The Kier molecular flexibility index (Phi) is 14.6. The van der Waals surface area contributed by atoms with Crippen LogP contribution in [-0.2, 0) is 52.4 Å². The zero-order valence-corrected chi connectivity index (χ0v) is 49.7. The van der Waals surface area contributed by atoms with Crippen molar-refractivity contribution in [2.45, 2.75) is 230 Å². The molecule has 1 fully saturated rings. The van der Waals surface area contributed by atoms with E-state index in [1.165, 1.54) is 22.3 Å². The van der Waals surface area contributed by atoms with E-state index in [0.29, 0.717) is 13.2 Å². The minimum Gasteiger partial charge on any atom is -0.426 e. The first-order chi connectivity index (χ1) is 31.1. The van der Waals surface area contributed by atoms with Gasteiger partial charge in [-0.15, -0.1) is 0 Å². The Morgan fingerprint density at radius 1 is 0.377 bits per heavy atom. The molecule has 2 heterocycles. The zero-order chi connectivity index (χ0) is 52.2. The molecule has 1 saturated heterocycles. The smallest absolute Gasteiger partial charge is 0.426 e. The summed E-state index contributed by atoms with van der Waals surface area (Å²) in [5.74, 6) is 1.52. The van der Waals surface area contributed by atoms with E-state index in [4.69, 9.17) is 26.5 Å². The highest BCUT2D eigenvalue weighted by Gasteiger charge is 2.38. The predicted molar refractivity (Wildman–Crippen MR) is 297 cm³/mol. The van der Waals surface area contributed by atoms with Crippen LogP contribution in [0.3, 0.4) is 0 Å². The summed E-state index contributed by atoms with van der Waals surface area (Å²) in [6.45, 7) is 60.7. The van der Waals surface area contributed by atoms with Crippen molar-refractivity contribution in [1.29, 1.82) is 0 Å². The van der Waals surface area contributed by atoms with Crippen molar-refractivity contribution < 1.29 is 26.5 Å². The van der Waals surface area contributed by atoms with Gasteiger partial charge in [-0.25, -0.2) is 0 Å². The summed E-state index contributed by atoms with van der Waals surface area (Å²) in [6, 6.07) is 14.2. The van der Waals surface area contributed by atoms with Crippen molar-refractivity contribution in [1.82, 2.24) is 0 Å². The fourth-order valence-corrected chi connectivity index (χ4v) is 11.8. The summed E-state index contributed by atoms with van der Waals surface area (Å²) in [6.07, 6.45) is 0.835. The van der Waals surface area contributed by atoms with Crippen molar-refractivity contribution in [3.63, 3.8) is 0 Å². The Balaban J connectivity index is 1.94. The molecule has 380 valence electrons. The van der Waals surface area contributed by atoms with Gasteiger partial charge >= 0.3 is 16.8 Å². The highest BCUT2D eigenvalue weighted by Crippen LogP contribution is 2.58. The number of hydrogen-bond acceptors (Lipinski definition) is 6. The number of rotatable bonds is 5. The Hall–Kier alpha value is -3.27. The molecule has 0 spiro atoms. The highest BCUT2D eigenvalue weighted by atomic mass is 31.2. The number of fused-ring (bicyclic) bond motifs is 3. The third-order valence-corrected chi connectivity index (χ3v) is 15.8. The lowest BCUT2D eigenvalue weighted by Gasteiger charge is -2.35. The van der Waals surface area contributed by atoms with Crippen molar-refractivity contribution >= 4 is 38.8 Å². The molecule has 0 aliphatic carbocycles. The Bertz CT molecular complexity index is 2690. The summed E-state index contributed by atoms with van der Waals surface area (Å²) >= 11 is 0. The third-order valence-electron chi connectivity index (χ3n) is 13.7. The minimum atomic E-state index is -2.15. The molecule has 0 saturated carbocycles. The molecule has 1 aliphatic heterocycles. The van der Waals surface area contributed by atoms with E-state index >= 15 is 0 Å². The van der Waals surface area contributed by atoms with E-state index in [1.807, 2.05) is 0 Å². The largest absolute Gasteiger partial charge is 0.453 e. The maximum absolute atomic E-state index is 7.83. The van der Waals surface area contributed by atoms with Gasteiger partial charge in [0.2, 0.25) is 0 Å².